The monoisotopic (exact) mass is 274 g/mol. The Morgan fingerprint density at radius 2 is 1.80 bits per heavy atom. The Bertz CT molecular complexity index is 451. The first-order valence-electron chi connectivity index (χ1n) is 8.37. The van der Waals surface area contributed by atoms with Gasteiger partial charge in [0.1, 0.15) is 5.76 Å². The lowest BCUT2D eigenvalue weighted by Gasteiger charge is -2.53. The molecular weight excluding hydrogens is 248 g/mol. The predicted octanol–water partition coefficient (Wildman–Crippen LogP) is 3.71. The average Bonchev–Trinajstić information content (AvgIpc) is 2.83. The van der Waals surface area contributed by atoms with Gasteiger partial charge in [0.2, 0.25) is 5.89 Å². The summed E-state index contributed by atoms with van der Waals surface area (Å²) in [6, 6.07) is 0.478. The van der Waals surface area contributed by atoms with Crippen molar-refractivity contribution in [2.24, 2.45) is 23.7 Å². The van der Waals surface area contributed by atoms with Gasteiger partial charge in [-0.15, -0.1) is 0 Å². The van der Waals surface area contributed by atoms with E-state index in [-0.39, 0.29) is 0 Å². The van der Waals surface area contributed by atoms with E-state index >= 15 is 0 Å². The van der Waals surface area contributed by atoms with Gasteiger partial charge >= 0.3 is 0 Å². The van der Waals surface area contributed by atoms with Crippen LogP contribution in [0.1, 0.15) is 63.5 Å². The molecule has 4 bridgehead atoms. The van der Waals surface area contributed by atoms with Crippen molar-refractivity contribution in [3.63, 3.8) is 0 Å². The minimum Gasteiger partial charge on any atom is -0.444 e. The Hall–Kier alpha value is -0.830. The standard InChI is InChI=1S/C17H26N2O/c1-10(2)18-9-16-19-8-15(20-16)17-13-4-11-3-12(6-13)7-14(17)5-11/h8,10-14,17-18H,3-7,9H2,1-2H3. The molecule has 0 amide bonds. The van der Waals surface area contributed by atoms with Crippen molar-refractivity contribution in [3.05, 3.63) is 17.8 Å². The number of oxazole rings is 1. The van der Waals surface area contributed by atoms with Gasteiger partial charge in [-0.05, 0) is 55.8 Å². The maximum atomic E-state index is 6.09. The summed E-state index contributed by atoms with van der Waals surface area (Å²) in [6.45, 7) is 5.06. The van der Waals surface area contributed by atoms with Crippen LogP contribution in [0.25, 0.3) is 0 Å². The number of aromatic nitrogens is 1. The highest BCUT2D eigenvalue weighted by molar-refractivity contribution is 5.13. The van der Waals surface area contributed by atoms with Crippen molar-refractivity contribution in [3.8, 4) is 0 Å². The molecule has 3 heteroatoms. The van der Waals surface area contributed by atoms with Crippen LogP contribution in [-0.2, 0) is 6.54 Å². The van der Waals surface area contributed by atoms with E-state index < -0.39 is 0 Å². The van der Waals surface area contributed by atoms with Gasteiger partial charge in [0, 0.05) is 12.0 Å². The number of rotatable bonds is 4. The maximum absolute atomic E-state index is 6.09. The van der Waals surface area contributed by atoms with E-state index in [0.717, 1.165) is 36.1 Å². The molecule has 110 valence electrons. The van der Waals surface area contributed by atoms with E-state index in [2.05, 4.69) is 24.1 Å². The van der Waals surface area contributed by atoms with Crippen LogP contribution in [0, 0.1) is 23.7 Å². The normalized spacial score (nSPS) is 38.9. The lowest BCUT2D eigenvalue weighted by molar-refractivity contribution is -0.00995. The van der Waals surface area contributed by atoms with E-state index in [1.54, 1.807) is 0 Å². The van der Waals surface area contributed by atoms with Crippen LogP contribution in [0.5, 0.6) is 0 Å². The Kier molecular flexibility index (Phi) is 3.13. The highest BCUT2D eigenvalue weighted by Gasteiger charge is 2.49. The molecule has 0 aromatic carbocycles. The van der Waals surface area contributed by atoms with Gasteiger partial charge in [-0.1, -0.05) is 13.8 Å². The summed E-state index contributed by atoms with van der Waals surface area (Å²) in [4.78, 5) is 4.49. The van der Waals surface area contributed by atoms with Crippen LogP contribution in [0.2, 0.25) is 0 Å². The first kappa shape index (κ1) is 12.9. The Labute approximate surface area is 121 Å². The molecule has 4 aliphatic rings. The van der Waals surface area contributed by atoms with Crippen LogP contribution < -0.4 is 5.32 Å². The number of hydrogen-bond acceptors (Lipinski definition) is 3. The summed E-state index contributed by atoms with van der Waals surface area (Å²) in [6.07, 6.45) is 9.30. The third-order valence-electron chi connectivity index (χ3n) is 5.79. The van der Waals surface area contributed by atoms with Crippen LogP contribution in [0.3, 0.4) is 0 Å². The Balaban J connectivity index is 1.50. The third kappa shape index (κ3) is 2.20. The van der Waals surface area contributed by atoms with E-state index in [1.807, 2.05) is 6.20 Å². The highest BCUT2D eigenvalue weighted by atomic mass is 16.4. The summed E-state index contributed by atoms with van der Waals surface area (Å²) < 4.78 is 6.09. The molecule has 0 unspecified atom stereocenters. The van der Waals surface area contributed by atoms with E-state index in [4.69, 9.17) is 4.42 Å². The van der Waals surface area contributed by atoms with E-state index in [1.165, 1.54) is 37.9 Å². The fourth-order valence-corrected chi connectivity index (χ4v) is 5.24. The fourth-order valence-electron chi connectivity index (χ4n) is 5.24. The lowest BCUT2D eigenvalue weighted by Crippen LogP contribution is -2.43. The first-order chi connectivity index (χ1) is 9.69. The van der Waals surface area contributed by atoms with Crippen LogP contribution in [0.15, 0.2) is 10.6 Å². The molecule has 0 aliphatic heterocycles. The minimum absolute atomic E-state index is 0.478. The molecule has 3 nitrogen and oxygen atoms in total. The molecule has 1 aromatic heterocycles. The molecule has 1 aromatic rings. The van der Waals surface area contributed by atoms with Gasteiger partial charge in [0.05, 0.1) is 12.7 Å². The van der Waals surface area contributed by atoms with Gasteiger partial charge in [0.15, 0.2) is 0 Å². The zero-order valence-corrected chi connectivity index (χ0v) is 12.6. The molecule has 4 aliphatic carbocycles. The molecule has 4 saturated carbocycles. The van der Waals surface area contributed by atoms with Gasteiger partial charge in [0.25, 0.3) is 0 Å². The second-order valence-electron chi connectivity index (χ2n) is 7.65. The third-order valence-corrected chi connectivity index (χ3v) is 5.79. The van der Waals surface area contributed by atoms with Crippen molar-refractivity contribution < 1.29 is 4.42 Å². The molecule has 5 rings (SSSR count). The fraction of sp³-hybridized carbons (Fsp3) is 0.824. The number of hydrogen-bond donors (Lipinski definition) is 1. The quantitative estimate of drug-likeness (QED) is 0.909. The zero-order chi connectivity index (χ0) is 13.7. The van der Waals surface area contributed by atoms with E-state index in [9.17, 15) is 0 Å². The second kappa shape index (κ2) is 4.87. The number of nitrogens with one attached hydrogen (secondary N) is 1. The summed E-state index contributed by atoms with van der Waals surface area (Å²) in [5.41, 5.74) is 0. The van der Waals surface area contributed by atoms with E-state index in [0.29, 0.717) is 12.0 Å². The van der Waals surface area contributed by atoms with Crippen LogP contribution >= 0.6 is 0 Å². The van der Waals surface area contributed by atoms with Gasteiger partial charge < -0.3 is 9.73 Å². The van der Waals surface area contributed by atoms with Crippen molar-refractivity contribution in [1.82, 2.24) is 10.3 Å². The topological polar surface area (TPSA) is 38.1 Å². The second-order valence-corrected chi connectivity index (χ2v) is 7.65. The lowest BCUT2D eigenvalue weighted by atomic mass is 9.51. The summed E-state index contributed by atoms with van der Waals surface area (Å²) >= 11 is 0. The largest absolute Gasteiger partial charge is 0.444 e. The van der Waals surface area contributed by atoms with Gasteiger partial charge in [-0.3, -0.25) is 0 Å². The van der Waals surface area contributed by atoms with Crippen molar-refractivity contribution in [1.29, 1.82) is 0 Å². The van der Waals surface area contributed by atoms with Gasteiger partial charge in [-0.2, -0.15) is 0 Å². The highest BCUT2D eigenvalue weighted by Crippen LogP contribution is 2.59. The molecule has 0 atom stereocenters. The molecule has 0 saturated heterocycles. The molecule has 0 radical (unpaired) electrons. The first-order valence-corrected chi connectivity index (χ1v) is 8.37. The predicted molar refractivity (Wildman–Crippen MR) is 78.3 cm³/mol. The van der Waals surface area contributed by atoms with Gasteiger partial charge in [-0.25, -0.2) is 4.98 Å². The minimum atomic E-state index is 0.478. The molecule has 0 spiro atoms. The van der Waals surface area contributed by atoms with Crippen molar-refractivity contribution in [2.75, 3.05) is 0 Å². The number of nitrogens with zero attached hydrogens (tertiary/aromatic N) is 1. The molecule has 20 heavy (non-hydrogen) atoms. The summed E-state index contributed by atoms with van der Waals surface area (Å²) in [5.74, 6) is 6.53. The molecule has 4 fully saturated rings. The Morgan fingerprint density at radius 1 is 1.15 bits per heavy atom. The van der Waals surface area contributed by atoms with Crippen molar-refractivity contribution in [2.45, 2.75) is 64.5 Å². The summed E-state index contributed by atoms with van der Waals surface area (Å²) in [5, 5.41) is 3.39. The van der Waals surface area contributed by atoms with Crippen molar-refractivity contribution >= 4 is 0 Å². The molecule has 1 N–H and O–H groups in total. The molecular formula is C17H26N2O. The molecule has 1 heterocycles. The Morgan fingerprint density at radius 3 is 2.40 bits per heavy atom. The summed E-state index contributed by atoms with van der Waals surface area (Å²) in [7, 11) is 0. The average molecular weight is 274 g/mol. The zero-order valence-electron chi connectivity index (χ0n) is 12.6. The smallest absolute Gasteiger partial charge is 0.208 e. The SMILES string of the molecule is CC(C)NCc1ncc(C2C3CC4CC(C3)CC2C4)o1. The van der Waals surface area contributed by atoms with Crippen LogP contribution in [0.4, 0.5) is 0 Å². The van der Waals surface area contributed by atoms with Crippen LogP contribution in [-0.4, -0.2) is 11.0 Å². The maximum Gasteiger partial charge on any atom is 0.208 e.